The van der Waals surface area contributed by atoms with Crippen molar-refractivity contribution in [3.8, 4) is 0 Å². The van der Waals surface area contributed by atoms with Crippen molar-refractivity contribution < 1.29 is 28.7 Å². The monoisotopic (exact) mass is 403 g/mol. The molecule has 0 aliphatic carbocycles. The summed E-state index contributed by atoms with van der Waals surface area (Å²) in [7, 11) is 1.47. The Labute approximate surface area is 169 Å². The summed E-state index contributed by atoms with van der Waals surface area (Å²) in [6, 6.07) is 5.81. The molecule has 0 aromatic heterocycles. The molecule has 1 aromatic rings. The fourth-order valence-corrected chi connectivity index (χ4v) is 2.90. The highest BCUT2D eigenvalue weighted by atomic mass is 16.5. The van der Waals surface area contributed by atoms with Crippen LogP contribution in [0.3, 0.4) is 0 Å². The predicted octanol–water partition coefficient (Wildman–Crippen LogP) is 0.824. The van der Waals surface area contributed by atoms with Gasteiger partial charge in [-0.15, -0.1) is 0 Å². The number of rotatable bonds is 8. The molecule has 0 bridgehead atoms. The van der Waals surface area contributed by atoms with Crippen molar-refractivity contribution in [2.45, 2.75) is 26.7 Å². The Hall–Kier alpha value is -3.23. The molecule has 2 rings (SSSR count). The molecule has 9 heteroatoms. The molecule has 0 radical (unpaired) electrons. The summed E-state index contributed by atoms with van der Waals surface area (Å²) in [5.74, 6) is -1.95. The molecule has 1 fully saturated rings. The van der Waals surface area contributed by atoms with E-state index in [9.17, 15) is 24.0 Å². The SMILES string of the molecule is CCN(CC)C(=O)CN(C)C(=O)COC(=O)c1ccc(N2C(=O)CCC2=O)cc1. The van der Waals surface area contributed by atoms with Crippen LogP contribution in [-0.2, 0) is 23.9 Å². The number of carbonyl (C=O) groups is 5. The van der Waals surface area contributed by atoms with Gasteiger partial charge in [-0.3, -0.25) is 24.1 Å². The number of nitrogens with zero attached hydrogens (tertiary/aromatic N) is 3. The number of hydrogen-bond acceptors (Lipinski definition) is 6. The van der Waals surface area contributed by atoms with Crippen LogP contribution in [0.5, 0.6) is 0 Å². The lowest BCUT2D eigenvalue weighted by atomic mass is 10.2. The molecule has 156 valence electrons. The number of anilines is 1. The second-order valence-corrected chi connectivity index (χ2v) is 6.56. The molecular weight excluding hydrogens is 378 g/mol. The number of hydrogen-bond donors (Lipinski definition) is 0. The van der Waals surface area contributed by atoms with Crippen molar-refractivity contribution in [2.75, 3.05) is 38.2 Å². The first-order valence-corrected chi connectivity index (χ1v) is 9.43. The average molecular weight is 403 g/mol. The minimum Gasteiger partial charge on any atom is -0.452 e. The fraction of sp³-hybridized carbons (Fsp3) is 0.450. The Morgan fingerprint density at radius 1 is 0.966 bits per heavy atom. The molecule has 4 amide bonds. The zero-order valence-electron chi connectivity index (χ0n) is 16.8. The van der Waals surface area contributed by atoms with E-state index in [-0.39, 0.29) is 42.7 Å². The predicted molar refractivity (Wildman–Crippen MR) is 104 cm³/mol. The molecule has 29 heavy (non-hydrogen) atoms. The Balaban J connectivity index is 1.88. The maximum absolute atomic E-state index is 12.1. The van der Waals surface area contributed by atoms with Gasteiger partial charge in [0.25, 0.3) is 5.91 Å². The van der Waals surface area contributed by atoms with Gasteiger partial charge in [-0.05, 0) is 38.1 Å². The third-order valence-corrected chi connectivity index (χ3v) is 4.65. The number of likely N-dealkylation sites (N-methyl/N-ethyl adjacent to an activating group) is 2. The van der Waals surface area contributed by atoms with Crippen molar-refractivity contribution in [2.24, 2.45) is 0 Å². The summed E-state index contributed by atoms with van der Waals surface area (Å²) in [6.07, 6.45) is 0.351. The van der Waals surface area contributed by atoms with Gasteiger partial charge in [0, 0.05) is 33.0 Å². The second-order valence-electron chi connectivity index (χ2n) is 6.56. The van der Waals surface area contributed by atoms with Crippen molar-refractivity contribution in [3.05, 3.63) is 29.8 Å². The minimum absolute atomic E-state index is 0.0926. The number of benzene rings is 1. The van der Waals surface area contributed by atoms with Gasteiger partial charge in [0.05, 0.1) is 17.8 Å². The topological polar surface area (TPSA) is 104 Å². The van der Waals surface area contributed by atoms with Gasteiger partial charge in [-0.25, -0.2) is 4.79 Å². The highest BCUT2D eigenvalue weighted by Gasteiger charge is 2.30. The third kappa shape index (κ3) is 5.40. The fourth-order valence-electron chi connectivity index (χ4n) is 2.90. The van der Waals surface area contributed by atoms with Crippen LogP contribution >= 0.6 is 0 Å². The van der Waals surface area contributed by atoms with Gasteiger partial charge >= 0.3 is 5.97 Å². The van der Waals surface area contributed by atoms with Crippen molar-refractivity contribution >= 4 is 35.3 Å². The first kappa shape index (κ1) is 22.1. The normalized spacial score (nSPS) is 13.4. The Morgan fingerprint density at radius 2 is 1.52 bits per heavy atom. The highest BCUT2D eigenvalue weighted by molar-refractivity contribution is 6.19. The summed E-state index contributed by atoms with van der Waals surface area (Å²) in [5.41, 5.74) is 0.572. The van der Waals surface area contributed by atoms with Gasteiger partial charge in [-0.1, -0.05) is 0 Å². The number of carbonyl (C=O) groups excluding carboxylic acids is 5. The van der Waals surface area contributed by atoms with Crippen LogP contribution < -0.4 is 4.90 Å². The number of amides is 4. The average Bonchev–Trinajstić information content (AvgIpc) is 3.05. The van der Waals surface area contributed by atoms with Crippen LogP contribution in [0.1, 0.15) is 37.0 Å². The zero-order chi connectivity index (χ0) is 21.6. The highest BCUT2D eigenvalue weighted by Crippen LogP contribution is 2.22. The van der Waals surface area contributed by atoms with Crippen molar-refractivity contribution in [1.29, 1.82) is 0 Å². The van der Waals surface area contributed by atoms with E-state index in [0.717, 1.165) is 4.90 Å². The molecule has 0 unspecified atom stereocenters. The molecule has 1 heterocycles. The lowest BCUT2D eigenvalue weighted by molar-refractivity contribution is -0.140. The number of imide groups is 1. The van der Waals surface area contributed by atoms with Crippen LogP contribution in [0.4, 0.5) is 5.69 Å². The van der Waals surface area contributed by atoms with Crippen LogP contribution in [0.25, 0.3) is 0 Å². The van der Waals surface area contributed by atoms with E-state index in [4.69, 9.17) is 4.74 Å². The van der Waals surface area contributed by atoms with Crippen LogP contribution in [-0.4, -0.2) is 72.7 Å². The lowest BCUT2D eigenvalue weighted by Gasteiger charge is -2.23. The smallest absolute Gasteiger partial charge is 0.338 e. The van der Waals surface area contributed by atoms with E-state index >= 15 is 0 Å². The van der Waals surface area contributed by atoms with E-state index in [1.807, 2.05) is 13.8 Å². The Bertz CT molecular complexity index is 785. The van der Waals surface area contributed by atoms with Gasteiger partial charge in [-0.2, -0.15) is 0 Å². The third-order valence-electron chi connectivity index (χ3n) is 4.65. The molecule has 1 saturated heterocycles. The largest absolute Gasteiger partial charge is 0.452 e. The molecule has 0 spiro atoms. The second kappa shape index (κ2) is 9.81. The molecule has 0 N–H and O–H groups in total. The number of esters is 1. The zero-order valence-corrected chi connectivity index (χ0v) is 16.8. The summed E-state index contributed by atoms with van der Waals surface area (Å²) in [4.78, 5) is 63.7. The molecule has 1 aliphatic heterocycles. The quantitative estimate of drug-likeness (QED) is 0.470. The summed E-state index contributed by atoms with van der Waals surface area (Å²) < 4.78 is 5.01. The van der Waals surface area contributed by atoms with Gasteiger partial charge in [0.2, 0.25) is 17.7 Å². The molecular formula is C20H25N3O6. The van der Waals surface area contributed by atoms with E-state index in [2.05, 4.69) is 0 Å². The minimum atomic E-state index is -0.715. The van der Waals surface area contributed by atoms with E-state index in [1.54, 1.807) is 4.90 Å². The molecule has 9 nitrogen and oxygen atoms in total. The maximum atomic E-state index is 12.1. The van der Waals surface area contributed by atoms with Gasteiger partial charge < -0.3 is 14.5 Å². The Morgan fingerprint density at radius 3 is 2.03 bits per heavy atom. The summed E-state index contributed by atoms with van der Waals surface area (Å²) in [6.45, 7) is 4.22. The summed E-state index contributed by atoms with van der Waals surface area (Å²) >= 11 is 0. The lowest BCUT2D eigenvalue weighted by Crippen LogP contribution is -2.42. The first-order valence-electron chi connectivity index (χ1n) is 9.43. The standard InChI is InChI=1S/C20H25N3O6/c1-4-22(5-2)18(26)12-21(3)19(27)13-29-20(28)14-6-8-15(9-7-14)23-16(24)10-11-17(23)25/h6-9H,4-5,10-13H2,1-3H3. The molecule has 0 atom stereocenters. The van der Waals surface area contributed by atoms with E-state index in [1.165, 1.54) is 36.2 Å². The van der Waals surface area contributed by atoms with Crippen LogP contribution in [0, 0.1) is 0 Å². The number of ether oxygens (including phenoxy) is 1. The molecule has 1 aromatic carbocycles. The van der Waals surface area contributed by atoms with Gasteiger partial charge in [0.1, 0.15) is 0 Å². The maximum Gasteiger partial charge on any atom is 0.338 e. The van der Waals surface area contributed by atoms with Crippen molar-refractivity contribution in [1.82, 2.24) is 9.80 Å². The van der Waals surface area contributed by atoms with Crippen LogP contribution in [0.15, 0.2) is 24.3 Å². The van der Waals surface area contributed by atoms with Gasteiger partial charge in [0.15, 0.2) is 6.61 Å². The first-order chi connectivity index (χ1) is 13.8. The van der Waals surface area contributed by atoms with E-state index < -0.39 is 18.5 Å². The van der Waals surface area contributed by atoms with Crippen LogP contribution in [0.2, 0.25) is 0 Å². The molecule has 0 saturated carbocycles. The van der Waals surface area contributed by atoms with E-state index in [0.29, 0.717) is 18.8 Å². The molecule has 1 aliphatic rings. The van der Waals surface area contributed by atoms with Crippen molar-refractivity contribution in [3.63, 3.8) is 0 Å². The Kier molecular flexibility index (Phi) is 7.46. The summed E-state index contributed by atoms with van der Waals surface area (Å²) in [5, 5.41) is 0.